The Morgan fingerprint density at radius 2 is 2.17 bits per heavy atom. The summed E-state index contributed by atoms with van der Waals surface area (Å²) in [5.74, 6) is -4.65. The summed E-state index contributed by atoms with van der Waals surface area (Å²) in [6.45, 7) is -1.55. The van der Waals surface area contributed by atoms with E-state index in [0.29, 0.717) is 4.57 Å². The first kappa shape index (κ1) is 16.6. The van der Waals surface area contributed by atoms with E-state index in [1.54, 1.807) is 0 Å². The zero-order chi connectivity index (χ0) is 17.9. The topological polar surface area (TPSA) is 139 Å². The number of anilines is 1. The Bertz CT molecular complexity index is 839. The maximum Gasteiger partial charge on any atom is 0.320 e. The van der Waals surface area contributed by atoms with E-state index in [9.17, 15) is 27.5 Å². The van der Waals surface area contributed by atoms with Gasteiger partial charge in [0.15, 0.2) is 22.9 Å². The molecule has 3 rings (SSSR count). The molecule has 9 nitrogen and oxygen atoms in total. The number of halogens is 4. The fourth-order valence-electron chi connectivity index (χ4n) is 2.53. The highest BCUT2D eigenvalue weighted by Gasteiger charge is 2.70. The molecule has 3 atom stereocenters. The third-order valence-electron chi connectivity index (χ3n) is 3.81. The van der Waals surface area contributed by atoms with Gasteiger partial charge in [0.1, 0.15) is 0 Å². The number of fused-ring (bicyclic) bond motifs is 1. The van der Waals surface area contributed by atoms with Crippen LogP contribution in [-0.4, -0.2) is 60.4 Å². The van der Waals surface area contributed by atoms with E-state index in [4.69, 9.17) is 10.8 Å². The molecular formula is C11H11F4N5O4. The number of nitrogens with one attached hydrogen (secondary N) is 1. The number of rotatable bonds is 3. The van der Waals surface area contributed by atoms with E-state index >= 15 is 0 Å². The maximum absolute atomic E-state index is 14.3. The Morgan fingerprint density at radius 1 is 1.50 bits per heavy atom. The van der Waals surface area contributed by atoms with Crippen LogP contribution in [-0.2, 0) is 4.74 Å². The summed E-state index contributed by atoms with van der Waals surface area (Å²) in [7, 11) is 0. The third-order valence-corrected chi connectivity index (χ3v) is 3.81. The van der Waals surface area contributed by atoms with Crippen LogP contribution in [0.3, 0.4) is 0 Å². The Hall–Kier alpha value is -2.25. The van der Waals surface area contributed by atoms with Crippen molar-refractivity contribution in [2.75, 3.05) is 12.3 Å². The maximum atomic E-state index is 14.3. The summed E-state index contributed by atoms with van der Waals surface area (Å²) in [5.41, 5.74) is 0.473. The third kappa shape index (κ3) is 2.01. The van der Waals surface area contributed by atoms with Crippen molar-refractivity contribution in [1.82, 2.24) is 19.5 Å². The number of H-pyrrole nitrogens is 1. The monoisotopic (exact) mass is 353 g/mol. The Labute approximate surface area is 129 Å². The van der Waals surface area contributed by atoms with Gasteiger partial charge in [-0.25, -0.2) is 13.8 Å². The van der Waals surface area contributed by atoms with Crippen LogP contribution in [0.25, 0.3) is 11.2 Å². The van der Waals surface area contributed by atoms with Crippen LogP contribution in [0.5, 0.6) is 0 Å². The highest BCUT2D eigenvalue weighted by atomic mass is 19.3. The number of hydrogen-bond acceptors (Lipinski definition) is 7. The molecule has 0 radical (unpaired) electrons. The Kier molecular flexibility index (Phi) is 3.54. The number of nitrogen functional groups attached to an aromatic ring is 1. The molecule has 1 aliphatic rings. The second-order valence-electron chi connectivity index (χ2n) is 5.24. The number of aliphatic hydroxyl groups is 2. The summed E-state index contributed by atoms with van der Waals surface area (Å²) in [6.07, 6.45) is -8.37. The lowest BCUT2D eigenvalue weighted by atomic mass is 9.96. The molecule has 0 aromatic carbocycles. The normalized spacial score (nSPS) is 29.6. The molecule has 2 aromatic rings. The summed E-state index contributed by atoms with van der Waals surface area (Å²) in [6, 6.07) is 0. The highest BCUT2D eigenvalue weighted by molar-refractivity contribution is 5.70. The van der Waals surface area contributed by atoms with Crippen molar-refractivity contribution in [2.45, 2.75) is 30.3 Å². The summed E-state index contributed by atoms with van der Waals surface area (Å²) in [4.78, 5) is 20.9. The van der Waals surface area contributed by atoms with Crippen molar-refractivity contribution in [3.8, 4) is 0 Å². The van der Waals surface area contributed by atoms with Crippen LogP contribution in [0.15, 0.2) is 11.1 Å². The lowest BCUT2D eigenvalue weighted by Crippen LogP contribution is -2.53. The standard InChI is InChI=1S/C11H11F4N5O4/c12-7(13)10(1-21)6(23)11(14,15)8(24-10)20-2-17-3-4(20)18-9(16)19-5(3)22/h2,6-8,21,23H,1H2,(H3,16,18,19,22). The molecule has 5 N–H and O–H groups in total. The number of aromatic nitrogens is 4. The second-order valence-corrected chi connectivity index (χ2v) is 5.24. The van der Waals surface area contributed by atoms with Gasteiger partial charge in [0.2, 0.25) is 12.2 Å². The average Bonchev–Trinajstić information content (AvgIpc) is 2.99. The minimum Gasteiger partial charge on any atom is -0.393 e. The largest absolute Gasteiger partial charge is 0.393 e. The zero-order valence-corrected chi connectivity index (χ0v) is 11.7. The van der Waals surface area contributed by atoms with Crippen molar-refractivity contribution < 1.29 is 32.5 Å². The van der Waals surface area contributed by atoms with Crippen molar-refractivity contribution in [2.24, 2.45) is 0 Å². The summed E-state index contributed by atoms with van der Waals surface area (Å²) >= 11 is 0. The minimum atomic E-state index is -4.23. The van der Waals surface area contributed by atoms with Gasteiger partial charge in [-0.3, -0.25) is 14.3 Å². The Morgan fingerprint density at radius 3 is 2.71 bits per heavy atom. The minimum absolute atomic E-state index is 0.378. The molecule has 0 bridgehead atoms. The van der Waals surface area contributed by atoms with E-state index in [0.717, 1.165) is 6.33 Å². The van der Waals surface area contributed by atoms with E-state index in [1.165, 1.54) is 0 Å². The first-order valence-corrected chi connectivity index (χ1v) is 6.50. The molecule has 3 unspecified atom stereocenters. The number of aromatic amines is 1. The van der Waals surface area contributed by atoms with Gasteiger partial charge in [-0.2, -0.15) is 13.8 Å². The predicted octanol–water partition coefficient (Wildman–Crippen LogP) is -0.777. The van der Waals surface area contributed by atoms with Crippen LogP contribution >= 0.6 is 0 Å². The second kappa shape index (κ2) is 5.12. The lowest BCUT2D eigenvalue weighted by molar-refractivity contribution is -0.194. The number of nitrogens with two attached hydrogens (primary N) is 1. The van der Waals surface area contributed by atoms with Crippen molar-refractivity contribution >= 4 is 17.1 Å². The predicted molar refractivity (Wildman–Crippen MR) is 69.5 cm³/mol. The van der Waals surface area contributed by atoms with Gasteiger partial charge in [-0.1, -0.05) is 0 Å². The van der Waals surface area contributed by atoms with Gasteiger partial charge in [0.05, 0.1) is 12.9 Å². The molecule has 24 heavy (non-hydrogen) atoms. The van der Waals surface area contributed by atoms with Gasteiger partial charge in [0, 0.05) is 0 Å². The first-order valence-electron chi connectivity index (χ1n) is 6.50. The average molecular weight is 353 g/mol. The van der Waals surface area contributed by atoms with Gasteiger partial charge < -0.3 is 20.7 Å². The van der Waals surface area contributed by atoms with Crippen LogP contribution in [0.4, 0.5) is 23.5 Å². The molecule has 0 aliphatic carbocycles. The van der Waals surface area contributed by atoms with E-state index in [1.807, 2.05) is 0 Å². The molecule has 13 heteroatoms. The quantitative estimate of drug-likeness (QED) is 0.531. The van der Waals surface area contributed by atoms with Crippen LogP contribution in [0, 0.1) is 0 Å². The molecule has 1 fully saturated rings. The number of imidazole rings is 1. The molecule has 1 aliphatic heterocycles. The molecule has 0 saturated carbocycles. The molecule has 3 heterocycles. The molecule has 132 valence electrons. The SMILES string of the molecule is Nc1nc2c(ncn2C2OC(CO)(C(F)F)C(O)C2(F)F)c(=O)[nH]1. The van der Waals surface area contributed by atoms with Gasteiger partial charge >= 0.3 is 5.92 Å². The summed E-state index contributed by atoms with van der Waals surface area (Å²) < 4.78 is 60.1. The fraction of sp³-hybridized carbons (Fsp3) is 0.545. The molecule has 1 saturated heterocycles. The van der Waals surface area contributed by atoms with Crippen LogP contribution in [0.2, 0.25) is 0 Å². The van der Waals surface area contributed by atoms with Crippen molar-refractivity contribution in [3.63, 3.8) is 0 Å². The first-order chi connectivity index (χ1) is 11.1. The zero-order valence-electron chi connectivity index (χ0n) is 11.7. The molecule has 2 aromatic heterocycles. The van der Waals surface area contributed by atoms with Gasteiger partial charge in [-0.05, 0) is 0 Å². The fourth-order valence-corrected chi connectivity index (χ4v) is 2.53. The smallest absolute Gasteiger partial charge is 0.320 e. The van der Waals surface area contributed by atoms with E-state index in [-0.39, 0.29) is 5.52 Å². The van der Waals surface area contributed by atoms with Crippen LogP contribution < -0.4 is 11.3 Å². The summed E-state index contributed by atoms with van der Waals surface area (Å²) in [5, 5.41) is 18.7. The highest BCUT2D eigenvalue weighted by Crippen LogP contribution is 2.50. The van der Waals surface area contributed by atoms with Crippen molar-refractivity contribution in [1.29, 1.82) is 0 Å². The lowest BCUT2D eigenvalue weighted by Gasteiger charge is -2.28. The van der Waals surface area contributed by atoms with E-state index < -0.39 is 54.0 Å². The molecule has 0 amide bonds. The molecular weight excluding hydrogens is 342 g/mol. The number of aliphatic hydroxyl groups excluding tert-OH is 2. The number of alkyl halides is 4. The number of hydrogen-bond donors (Lipinski definition) is 4. The van der Waals surface area contributed by atoms with Gasteiger partial charge in [-0.15, -0.1) is 0 Å². The Balaban J connectivity index is 2.18. The number of ether oxygens (including phenoxy) is 1. The molecule has 0 spiro atoms. The van der Waals surface area contributed by atoms with Gasteiger partial charge in [0.25, 0.3) is 12.0 Å². The number of nitrogens with zero attached hydrogens (tertiary/aromatic N) is 3. The van der Waals surface area contributed by atoms with Crippen molar-refractivity contribution in [3.05, 3.63) is 16.7 Å². The van der Waals surface area contributed by atoms with E-state index in [2.05, 4.69) is 19.7 Å². The van der Waals surface area contributed by atoms with Crippen LogP contribution in [0.1, 0.15) is 6.23 Å².